The van der Waals surface area contributed by atoms with Crippen LogP contribution in [0.3, 0.4) is 0 Å². The van der Waals surface area contributed by atoms with E-state index in [9.17, 15) is 19.2 Å². The summed E-state index contributed by atoms with van der Waals surface area (Å²) in [4.78, 5) is 62.7. The highest BCUT2D eigenvalue weighted by atomic mass is 16.7. The Morgan fingerprint density at radius 3 is 2.36 bits per heavy atom. The molecule has 0 unspecified atom stereocenters. The number of esters is 2. The molecule has 0 spiro atoms. The van der Waals surface area contributed by atoms with Crippen LogP contribution in [0.15, 0.2) is 59.8 Å². The Balaban J connectivity index is 1.41. The van der Waals surface area contributed by atoms with E-state index in [1.54, 1.807) is 39.0 Å². The number of hydrogen-bond acceptors (Lipinski definition) is 15. The Morgan fingerprint density at radius 2 is 1.67 bits per heavy atom. The van der Waals surface area contributed by atoms with Crippen LogP contribution in [0, 0.1) is 23.7 Å². The van der Waals surface area contributed by atoms with Crippen LogP contribution in [0.1, 0.15) is 87.1 Å². The maximum absolute atomic E-state index is 14.7. The van der Waals surface area contributed by atoms with Crippen molar-refractivity contribution in [1.82, 2.24) is 10.2 Å². The van der Waals surface area contributed by atoms with Gasteiger partial charge in [0.1, 0.15) is 30.0 Å². The van der Waals surface area contributed by atoms with Crippen LogP contribution in [0.4, 0.5) is 4.79 Å². The van der Waals surface area contributed by atoms with Crippen LogP contribution in [-0.4, -0.2) is 122 Å². The van der Waals surface area contributed by atoms with Crippen LogP contribution in [0.25, 0.3) is 0 Å². The number of cyclic esters (lactones) is 1. The van der Waals surface area contributed by atoms with Gasteiger partial charge in [0.25, 0.3) is 0 Å². The first-order valence-corrected chi connectivity index (χ1v) is 22.5. The molecule has 352 valence electrons. The number of benzene rings is 2. The summed E-state index contributed by atoms with van der Waals surface area (Å²) in [5.74, 6) is -3.28. The zero-order valence-electron chi connectivity index (χ0n) is 39.1. The fraction of sp³-hybridized carbons (Fsp3) is 0.646. The van der Waals surface area contributed by atoms with Crippen LogP contribution < -0.4 is 14.9 Å². The van der Waals surface area contributed by atoms with Crippen molar-refractivity contribution in [1.29, 1.82) is 0 Å². The molecule has 6 rings (SSSR count). The summed E-state index contributed by atoms with van der Waals surface area (Å²) in [6.45, 7) is 16.0. The van der Waals surface area contributed by atoms with Crippen molar-refractivity contribution in [2.45, 2.75) is 148 Å². The van der Waals surface area contributed by atoms with Gasteiger partial charge in [-0.25, -0.2) is 4.79 Å². The minimum absolute atomic E-state index is 0.112. The molecule has 2 bridgehead atoms. The number of amides is 1. The number of fused-ring (bicyclic) bond motifs is 4. The van der Waals surface area contributed by atoms with Gasteiger partial charge in [-0.3, -0.25) is 14.4 Å². The molecule has 1 amide bonds. The Kier molecular flexibility index (Phi) is 15.8. The van der Waals surface area contributed by atoms with Gasteiger partial charge in [0.2, 0.25) is 0 Å². The minimum Gasteiger partial charge on any atom is -0.489 e. The van der Waals surface area contributed by atoms with E-state index in [0.717, 1.165) is 5.56 Å². The number of Topliss-reactive ketones (excluding diaryl/α,β-unsaturated/α-hetero) is 1. The van der Waals surface area contributed by atoms with Crippen molar-refractivity contribution in [3.8, 4) is 11.5 Å². The summed E-state index contributed by atoms with van der Waals surface area (Å²) in [6.07, 6.45) is -4.68. The summed E-state index contributed by atoms with van der Waals surface area (Å²) in [5, 5.41) is 7.37. The molecule has 64 heavy (non-hydrogen) atoms. The third-order valence-corrected chi connectivity index (χ3v) is 13.3. The number of rotatable bonds is 10. The first-order valence-electron chi connectivity index (χ1n) is 22.5. The van der Waals surface area contributed by atoms with E-state index < -0.39 is 89.7 Å². The number of alkyl carbamates (subject to hydrolysis) is 1. The highest BCUT2D eigenvalue weighted by Crippen LogP contribution is 2.42. The van der Waals surface area contributed by atoms with Gasteiger partial charge in [-0.2, -0.15) is 0 Å². The van der Waals surface area contributed by atoms with E-state index in [1.807, 2.05) is 90.0 Å². The topological polar surface area (TPSA) is 179 Å². The zero-order valence-corrected chi connectivity index (χ0v) is 39.1. The molecule has 2 aromatic rings. The molecule has 4 fully saturated rings. The van der Waals surface area contributed by atoms with Crippen molar-refractivity contribution in [2.24, 2.45) is 28.8 Å². The standard InChI is InChI=1S/C48H67N3O13/c1-12-38-48(9)42(49-46(55)63-48)29(4)39(53)27(2)23-47(8)43(62-45-41(60-32(7)52)37(51(10)11)21-28(3)59-45)30(5)40(31(6)44(54)61-38)57-25-34(26-58-47)50-64-36-20-16-19-35(22-36)56-24-33-17-14-13-15-18-33/h13-20,22,27-31,37-38,40-43,45H,12,21,23-26H2,1-11H3,(H,49,55)/b50-34-/t27-,28-,29+,30+,31-,37+,38-,40+,41-,42-,43-,45+,47-,48+/m1/s1. The van der Waals surface area contributed by atoms with E-state index in [0.29, 0.717) is 36.7 Å². The Bertz CT molecular complexity index is 1980. The van der Waals surface area contributed by atoms with E-state index >= 15 is 0 Å². The molecule has 2 aromatic carbocycles. The molecule has 4 aliphatic heterocycles. The second-order valence-electron chi connectivity index (χ2n) is 18.6. The number of hydrogen-bond donors (Lipinski definition) is 1. The Hall–Kier alpha value is -4.61. The third-order valence-electron chi connectivity index (χ3n) is 13.3. The lowest BCUT2D eigenvalue weighted by Gasteiger charge is -2.49. The van der Waals surface area contributed by atoms with Crippen LogP contribution in [0.5, 0.6) is 11.5 Å². The summed E-state index contributed by atoms with van der Waals surface area (Å²) < 4.78 is 51.4. The van der Waals surface area contributed by atoms with Gasteiger partial charge in [-0.1, -0.05) is 69.2 Å². The molecular formula is C48H67N3O13. The largest absolute Gasteiger partial charge is 0.489 e. The molecular weight excluding hydrogens is 827 g/mol. The molecule has 1 N–H and O–H groups in total. The maximum Gasteiger partial charge on any atom is 0.408 e. The first-order chi connectivity index (χ1) is 30.3. The smallest absolute Gasteiger partial charge is 0.408 e. The first kappa shape index (κ1) is 48.8. The summed E-state index contributed by atoms with van der Waals surface area (Å²) in [7, 11) is 3.82. The molecule has 0 saturated carbocycles. The van der Waals surface area contributed by atoms with Crippen molar-refractivity contribution in [2.75, 3.05) is 27.3 Å². The lowest BCUT2D eigenvalue weighted by atomic mass is 9.73. The second-order valence-corrected chi connectivity index (χ2v) is 18.6. The van der Waals surface area contributed by atoms with Gasteiger partial charge in [-0.05, 0) is 78.7 Å². The normalized spacial score (nSPS) is 36.9. The predicted octanol–water partition coefficient (Wildman–Crippen LogP) is 6.26. The molecule has 4 heterocycles. The van der Waals surface area contributed by atoms with Gasteiger partial charge >= 0.3 is 18.0 Å². The van der Waals surface area contributed by atoms with Crippen LogP contribution in [0.2, 0.25) is 0 Å². The van der Waals surface area contributed by atoms with Crippen molar-refractivity contribution in [3.05, 3.63) is 60.2 Å². The van der Waals surface area contributed by atoms with E-state index in [-0.39, 0.29) is 37.6 Å². The highest BCUT2D eigenvalue weighted by molar-refractivity contribution is 5.87. The highest BCUT2D eigenvalue weighted by Gasteiger charge is 2.58. The van der Waals surface area contributed by atoms with Gasteiger partial charge in [-0.15, -0.1) is 0 Å². The number of nitrogens with zero attached hydrogens (tertiary/aromatic N) is 2. The van der Waals surface area contributed by atoms with Gasteiger partial charge < -0.3 is 52.9 Å². The number of nitrogens with one attached hydrogen (secondary N) is 1. The SMILES string of the molecule is CC[C@H]1OC(=O)[C@H](C)[C@H]2OC/C(=N/Oc3cccc(OCc4ccccc4)c3)CO[C@](C)(C[C@@H](C)C(=O)[C@H](C)[C@H]3NC(=O)O[C@]31C)[C@H](O[C@@H]1O[C@H](C)C[C@H](N(C)C)[C@H]1OC(C)=O)[C@H]2C. The maximum atomic E-state index is 14.7. The molecule has 4 aliphatic rings. The number of oxime groups is 1. The quantitative estimate of drug-likeness (QED) is 0.160. The summed E-state index contributed by atoms with van der Waals surface area (Å²) >= 11 is 0. The Morgan fingerprint density at radius 1 is 0.953 bits per heavy atom. The third kappa shape index (κ3) is 11.1. The summed E-state index contributed by atoms with van der Waals surface area (Å²) in [6, 6.07) is 15.8. The monoisotopic (exact) mass is 893 g/mol. The molecule has 14 atom stereocenters. The molecule has 4 saturated heterocycles. The predicted molar refractivity (Wildman–Crippen MR) is 234 cm³/mol. The fourth-order valence-corrected chi connectivity index (χ4v) is 9.88. The van der Waals surface area contributed by atoms with Crippen molar-refractivity contribution >= 4 is 29.5 Å². The lowest BCUT2D eigenvalue weighted by molar-refractivity contribution is -0.304. The molecule has 0 radical (unpaired) electrons. The van der Waals surface area contributed by atoms with Crippen molar-refractivity contribution in [3.63, 3.8) is 0 Å². The fourth-order valence-electron chi connectivity index (χ4n) is 9.88. The van der Waals surface area contributed by atoms with Crippen molar-refractivity contribution < 1.29 is 61.9 Å². The average Bonchev–Trinajstić information content (AvgIpc) is 3.59. The number of ketones is 1. The van der Waals surface area contributed by atoms with Gasteiger partial charge in [0.15, 0.2) is 23.7 Å². The number of carbonyl (C=O) groups is 4. The van der Waals surface area contributed by atoms with E-state index in [1.165, 1.54) is 6.92 Å². The molecule has 16 nitrogen and oxygen atoms in total. The van der Waals surface area contributed by atoms with E-state index in [4.69, 9.17) is 42.7 Å². The van der Waals surface area contributed by atoms with Crippen LogP contribution in [-0.2, 0) is 54.1 Å². The van der Waals surface area contributed by atoms with Crippen LogP contribution >= 0.6 is 0 Å². The molecule has 16 heteroatoms. The Labute approximate surface area is 376 Å². The molecule has 0 aromatic heterocycles. The molecule has 0 aliphatic carbocycles. The number of ether oxygens (including phenoxy) is 8. The number of carbonyl (C=O) groups excluding carboxylic acids is 4. The number of likely N-dealkylation sites (N-methyl/N-ethyl adjacent to an activating group) is 1. The second kappa shape index (κ2) is 20.7. The van der Waals surface area contributed by atoms with Gasteiger partial charge in [0, 0.05) is 30.7 Å². The van der Waals surface area contributed by atoms with Gasteiger partial charge in [0.05, 0.1) is 55.1 Å². The van der Waals surface area contributed by atoms with E-state index in [2.05, 4.69) is 10.5 Å². The lowest BCUT2D eigenvalue weighted by Crippen LogP contribution is -2.61. The summed E-state index contributed by atoms with van der Waals surface area (Å²) in [5.41, 5.74) is -1.30. The average molecular weight is 894 g/mol. The minimum atomic E-state index is -1.35. The zero-order chi connectivity index (χ0) is 46.5.